The second-order valence-corrected chi connectivity index (χ2v) is 6.05. The van der Waals surface area contributed by atoms with Crippen LogP contribution in [0.3, 0.4) is 0 Å². The van der Waals surface area contributed by atoms with Gasteiger partial charge in [-0.3, -0.25) is 9.59 Å². The van der Waals surface area contributed by atoms with E-state index in [9.17, 15) is 27.2 Å². The van der Waals surface area contributed by atoms with Gasteiger partial charge in [0.25, 0.3) is 5.91 Å². The molecule has 156 valence electrons. The van der Waals surface area contributed by atoms with E-state index in [2.05, 4.69) is 10.3 Å². The van der Waals surface area contributed by atoms with Crippen molar-refractivity contribution in [1.29, 1.82) is 0 Å². The van der Waals surface area contributed by atoms with Crippen LogP contribution in [0.2, 0.25) is 0 Å². The topological polar surface area (TPSA) is 81.4 Å². The highest BCUT2D eigenvalue weighted by molar-refractivity contribution is 5.92. The summed E-state index contributed by atoms with van der Waals surface area (Å²) < 4.78 is 64.0. The van der Waals surface area contributed by atoms with Gasteiger partial charge < -0.3 is 14.5 Å². The molecule has 0 unspecified atom stereocenters. The average molecular weight is 422 g/mol. The predicted octanol–water partition coefficient (Wildman–Crippen LogP) is 4.01. The first kappa shape index (κ1) is 21.0. The van der Waals surface area contributed by atoms with Crippen LogP contribution in [-0.4, -0.2) is 23.5 Å². The molecule has 0 spiro atoms. The Balaban J connectivity index is 1.49. The van der Waals surface area contributed by atoms with Crippen molar-refractivity contribution in [2.75, 3.05) is 11.9 Å². The predicted molar refractivity (Wildman–Crippen MR) is 96.1 cm³/mol. The Bertz CT molecular complexity index is 1060. The van der Waals surface area contributed by atoms with Gasteiger partial charge in [-0.1, -0.05) is 6.07 Å². The molecule has 0 radical (unpaired) electrons. The molecule has 0 fully saturated rings. The lowest BCUT2D eigenvalue weighted by molar-refractivity contribution is -0.147. The number of nitrogens with one attached hydrogen (secondary N) is 1. The van der Waals surface area contributed by atoms with Crippen LogP contribution in [-0.2, 0) is 20.7 Å². The molecule has 1 amide bonds. The van der Waals surface area contributed by atoms with E-state index in [-0.39, 0.29) is 35.7 Å². The summed E-state index contributed by atoms with van der Waals surface area (Å²) in [7, 11) is 0. The van der Waals surface area contributed by atoms with Gasteiger partial charge in [0.05, 0.1) is 23.9 Å². The van der Waals surface area contributed by atoms with E-state index in [1.807, 2.05) is 0 Å². The van der Waals surface area contributed by atoms with Gasteiger partial charge in [0.15, 0.2) is 18.3 Å². The fraction of sp³-hybridized carbons (Fsp3) is 0.150. The van der Waals surface area contributed by atoms with Crippen LogP contribution >= 0.6 is 0 Å². The molecule has 3 rings (SSSR count). The maximum absolute atomic E-state index is 13.8. The first-order chi connectivity index (χ1) is 14.3. The fourth-order valence-electron chi connectivity index (χ4n) is 2.48. The first-order valence-electron chi connectivity index (χ1n) is 8.63. The van der Waals surface area contributed by atoms with Crippen molar-refractivity contribution in [3.8, 4) is 11.3 Å². The van der Waals surface area contributed by atoms with Gasteiger partial charge in [0, 0.05) is 12.5 Å². The molecule has 30 heavy (non-hydrogen) atoms. The number of hydrogen-bond acceptors (Lipinski definition) is 5. The van der Waals surface area contributed by atoms with Crippen molar-refractivity contribution in [3.05, 3.63) is 71.8 Å². The smallest absolute Gasteiger partial charge is 0.306 e. The third kappa shape index (κ3) is 5.22. The molecule has 1 N–H and O–H groups in total. The minimum atomic E-state index is -0.860. The first-order valence-corrected chi connectivity index (χ1v) is 8.63. The van der Waals surface area contributed by atoms with Crippen LogP contribution in [0.1, 0.15) is 12.3 Å². The summed E-state index contributed by atoms with van der Waals surface area (Å²) in [4.78, 5) is 27.3. The lowest BCUT2D eigenvalue weighted by Gasteiger charge is -2.07. The number of rotatable bonds is 7. The monoisotopic (exact) mass is 422 g/mol. The lowest BCUT2D eigenvalue weighted by Crippen LogP contribution is -2.21. The highest BCUT2D eigenvalue weighted by Crippen LogP contribution is 2.26. The molecule has 1 heterocycles. The number of carbonyl (C=O) groups excluding carboxylic acids is 2. The van der Waals surface area contributed by atoms with Crippen LogP contribution in [0.25, 0.3) is 11.3 Å². The number of amides is 1. The minimum absolute atomic E-state index is 0.0379. The van der Waals surface area contributed by atoms with Crippen molar-refractivity contribution >= 4 is 17.6 Å². The third-order valence-corrected chi connectivity index (χ3v) is 3.87. The van der Waals surface area contributed by atoms with Gasteiger partial charge in [-0.2, -0.15) is 0 Å². The molecule has 6 nitrogen and oxygen atoms in total. The minimum Gasteiger partial charge on any atom is -0.456 e. The summed E-state index contributed by atoms with van der Waals surface area (Å²) >= 11 is 0. The Hall–Kier alpha value is -3.69. The Morgan fingerprint density at radius 3 is 2.50 bits per heavy atom. The van der Waals surface area contributed by atoms with Gasteiger partial charge in [-0.15, -0.1) is 0 Å². The molecule has 10 heteroatoms. The van der Waals surface area contributed by atoms with Gasteiger partial charge in [0.2, 0.25) is 0 Å². The van der Waals surface area contributed by atoms with Gasteiger partial charge in [-0.25, -0.2) is 22.5 Å². The molecule has 0 aliphatic rings. The Kier molecular flexibility index (Phi) is 6.45. The van der Waals surface area contributed by atoms with Crippen LogP contribution in [0, 0.1) is 23.3 Å². The van der Waals surface area contributed by atoms with E-state index in [0.29, 0.717) is 0 Å². The summed E-state index contributed by atoms with van der Waals surface area (Å²) in [6.07, 6.45) is 0.847. The number of nitrogens with zero attached hydrogens (tertiary/aromatic N) is 1. The molecule has 0 saturated carbocycles. The van der Waals surface area contributed by atoms with Crippen molar-refractivity contribution in [3.63, 3.8) is 0 Å². The molecule has 1 aromatic heterocycles. The summed E-state index contributed by atoms with van der Waals surface area (Å²) in [6, 6.07) is 5.86. The zero-order valence-corrected chi connectivity index (χ0v) is 15.3. The number of halogens is 4. The van der Waals surface area contributed by atoms with E-state index >= 15 is 0 Å². The molecule has 3 aromatic rings. The second-order valence-electron chi connectivity index (χ2n) is 6.05. The summed E-state index contributed by atoms with van der Waals surface area (Å²) in [6.45, 7) is -0.716. The lowest BCUT2D eigenvalue weighted by atomic mass is 10.1. The van der Waals surface area contributed by atoms with Gasteiger partial charge >= 0.3 is 5.97 Å². The van der Waals surface area contributed by atoms with Crippen molar-refractivity contribution in [1.82, 2.24) is 4.98 Å². The molecule has 2 aromatic carbocycles. The number of aromatic nitrogens is 1. The standard InChI is InChI=1S/C20H14F4N2O4/c21-11-4-5-12(22)15(8-11)26-17(27)10-29-19(28)7-6-18-25-9-16(30-18)20-13(23)2-1-3-14(20)24/h1-5,8-9H,6-7,10H2,(H,26,27). The number of hydrogen-bond donors (Lipinski definition) is 1. The van der Waals surface area contributed by atoms with Crippen LogP contribution in [0.4, 0.5) is 23.2 Å². The zero-order chi connectivity index (χ0) is 21.7. The Labute approximate surface area is 167 Å². The highest BCUT2D eigenvalue weighted by atomic mass is 19.1. The molecule has 0 saturated heterocycles. The number of esters is 1. The van der Waals surface area contributed by atoms with Crippen LogP contribution in [0.15, 0.2) is 47.0 Å². The van der Waals surface area contributed by atoms with E-state index in [1.165, 1.54) is 6.07 Å². The summed E-state index contributed by atoms with van der Waals surface area (Å²) in [5.41, 5.74) is -0.760. The average Bonchev–Trinajstić information content (AvgIpc) is 3.16. The molecule has 0 atom stereocenters. The zero-order valence-electron chi connectivity index (χ0n) is 15.3. The number of anilines is 1. The van der Waals surface area contributed by atoms with Crippen molar-refractivity contribution in [2.45, 2.75) is 12.8 Å². The molecule has 0 aliphatic heterocycles. The highest BCUT2D eigenvalue weighted by Gasteiger charge is 2.17. The van der Waals surface area contributed by atoms with Crippen LogP contribution < -0.4 is 5.32 Å². The van der Waals surface area contributed by atoms with E-state index in [0.717, 1.165) is 36.5 Å². The van der Waals surface area contributed by atoms with E-state index in [1.54, 1.807) is 0 Å². The quantitative estimate of drug-likeness (QED) is 0.460. The third-order valence-electron chi connectivity index (χ3n) is 3.87. The summed E-state index contributed by atoms with van der Waals surface area (Å²) in [5.74, 6) is -4.98. The fourth-order valence-corrected chi connectivity index (χ4v) is 2.48. The van der Waals surface area contributed by atoms with Gasteiger partial charge in [-0.05, 0) is 24.3 Å². The van der Waals surface area contributed by atoms with Crippen LogP contribution in [0.5, 0.6) is 0 Å². The number of carbonyl (C=O) groups is 2. The molecular formula is C20H14F4N2O4. The number of aryl methyl sites for hydroxylation is 1. The molecular weight excluding hydrogens is 408 g/mol. The Morgan fingerprint density at radius 2 is 1.77 bits per heavy atom. The second kappa shape index (κ2) is 9.21. The number of benzene rings is 2. The molecule has 0 bridgehead atoms. The maximum Gasteiger partial charge on any atom is 0.306 e. The van der Waals surface area contributed by atoms with E-state index < -0.39 is 41.8 Å². The largest absolute Gasteiger partial charge is 0.456 e. The SMILES string of the molecule is O=C(COC(=O)CCc1ncc(-c2c(F)cccc2F)o1)Nc1cc(F)ccc1F. The maximum atomic E-state index is 13.8. The number of ether oxygens (including phenoxy) is 1. The number of oxazole rings is 1. The van der Waals surface area contributed by atoms with Crippen molar-refractivity contribution in [2.24, 2.45) is 0 Å². The van der Waals surface area contributed by atoms with Crippen molar-refractivity contribution < 1.29 is 36.3 Å². The summed E-state index contributed by atoms with van der Waals surface area (Å²) in [5, 5.41) is 2.08. The Morgan fingerprint density at radius 1 is 1.03 bits per heavy atom. The normalized spacial score (nSPS) is 10.7. The van der Waals surface area contributed by atoms with E-state index in [4.69, 9.17) is 9.15 Å². The van der Waals surface area contributed by atoms with Gasteiger partial charge in [0.1, 0.15) is 23.3 Å². The molecule has 0 aliphatic carbocycles.